The standard InChI is InChI=1S/C20H19NO3S/c1-2-16-12-17(20(23)24)19(25-16)21-18(22)10-8-13-7-9-14-5-3-4-6-15(14)11-13/h3-7,9,11-12H,2,8,10H2,1H3,(H,21,22)(H,23,24). The van der Waals surface area contributed by atoms with Crippen LogP contribution in [0.2, 0.25) is 0 Å². The molecule has 4 nitrogen and oxygen atoms in total. The third-order valence-electron chi connectivity index (χ3n) is 4.07. The number of nitrogens with one attached hydrogen (secondary N) is 1. The summed E-state index contributed by atoms with van der Waals surface area (Å²) in [4.78, 5) is 24.5. The predicted molar refractivity (Wildman–Crippen MR) is 102 cm³/mol. The molecule has 0 fully saturated rings. The number of carboxylic acids is 1. The van der Waals surface area contributed by atoms with Crippen LogP contribution in [0.25, 0.3) is 10.8 Å². The summed E-state index contributed by atoms with van der Waals surface area (Å²) >= 11 is 1.33. The lowest BCUT2D eigenvalue weighted by atomic mass is 10.0. The first-order valence-electron chi connectivity index (χ1n) is 8.20. The fourth-order valence-electron chi connectivity index (χ4n) is 2.71. The third kappa shape index (κ3) is 4.06. The predicted octanol–water partition coefficient (Wildman–Crippen LogP) is 4.73. The Morgan fingerprint density at radius 3 is 2.56 bits per heavy atom. The summed E-state index contributed by atoms with van der Waals surface area (Å²) in [6.45, 7) is 1.96. The summed E-state index contributed by atoms with van der Waals surface area (Å²) in [5.74, 6) is -1.18. The van der Waals surface area contributed by atoms with Gasteiger partial charge in [0, 0.05) is 11.3 Å². The number of aryl methyl sites for hydroxylation is 2. The van der Waals surface area contributed by atoms with E-state index in [-0.39, 0.29) is 11.5 Å². The number of anilines is 1. The summed E-state index contributed by atoms with van der Waals surface area (Å²) < 4.78 is 0. The Kier molecular flexibility index (Phi) is 5.14. The van der Waals surface area contributed by atoms with Gasteiger partial charge >= 0.3 is 5.97 Å². The molecule has 0 aliphatic rings. The zero-order valence-corrected chi connectivity index (χ0v) is 14.7. The van der Waals surface area contributed by atoms with Crippen LogP contribution in [-0.4, -0.2) is 17.0 Å². The fraction of sp³-hybridized carbons (Fsp3) is 0.200. The number of benzene rings is 2. The van der Waals surface area contributed by atoms with Crippen molar-refractivity contribution in [3.63, 3.8) is 0 Å². The lowest BCUT2D eigenvalue weighted by Gasteiger charge is -2.06. The first-order valence-corrected chi connectivity index (χ1v) is 9.02. The van der Waals surface area contributed by atoms with Gasteiger partial charge in [0.15, 0.2) is 0 Å². The number of fused-ring (bicyclic) bond motifs is 1. The fourth-order valence-corrected chi connectivity index (χ4v) is 3.71. The molecule has 128 valence electrons. The van der Waals surface area contributed by atoms with Crippen molar-refractivity contribution in [1.29, 1.82) is 0 Å². The van der Waals surface area contributed by atoms with Crippen LogP contribution in [-0.2, 0) is 17.6 Å². The van der Waals surface area contributed by atoms with Crippen LogP contribution in [0.3, 0.4) is 0 Å². The lowest BCUT2D eigenvalue weighted by molar-refractivity contribution is -0.116. The van der Waals surface area contributed by atoms with E-state index in [1.165, 1.54) is 16.7 Å². The molecular formula is C20H19NO3S. The van der Waals surface area contributed by atoms with Crippen molar-refractivity contribution in [1.82, 2.24) is 0 Å². The Labute approximate surface area is 150 Å². The van der Waals surface area contributed by atoms with Gasteiger partial charge in [-0.15, -0.1) is 11.3 Å². The van der Waals surface area contributed by atoms with Gasteiger partial charge in [-0.3, -0.25) is 4.79 Å². The van der Waals surface area contributed by atoms with E-state index < -0.39 is 5.97 Å². The van der Waals surface area contributed by atoms with Crippen LogP contribution in [0.1, 0.15) is 34.1 Å². The van der Waals surface area contributed by atoms with Crippen molar-refractivity contribution in [3.05, 3.63) is 64.5 Å². The minimum Gasteiger partial charge on any atom is -0.478 e. The van der Waals surface area contributed by atoms with E-state index in [0.717, 1.165) is 22.2 Å². The number of hydrogen-bond acceptors (Lipinski definition) is 3. The summed E-state index contributed by atoms with van der Waals surface area (Å²) in [5, 5.41) is 14.8. The molecule has 1 heterocycles. The third-order valence-corrected chi connectivity index (χ3v) is 5.26. The maximum atomic E-state index is 12.2. The number of hydrogen-bond donors (Lipinski definition) is 2. The highest BCUT2D eigenvalue weighted by molar-refractivity contribution is 7.16. The van der Waals surface area contributed by atoms with Gasteiger partial charge in [-0.25, -0.2) is 4.79 Å². The maximum Gasteiger partial charge on any atom is 0.338 e. The van der Waals surface area contributed by atoms with Crippen molar-refractivity contribution in [2.24, 2.45) is 0 Å². The topological polar surface area (TPSA) is 66.4 Å². The molecule has 3 aromatic rings. The van der Waals surface area contributed by atoms with E-state index in [4.69, 9.17) is 0 Å². The minimum atomic E-state index is -1.01. The average molecular weight is 353 g/mol. The SMILES string of the molecule is CCc1cc(C(=O)O)c(NC(=O)CCc2ccc3ccccc3c2)s1. The van der Waals surface area contributed by atoms with E-state index in [0.29, 0.717) is 17.8 Å². The molecule has 1 amide bonds. The van der Waals surface area contributed by atoms with Gasteiger partial charge in [-0.2, -0.15) is 0 Å². The second kappa shape index (κ2) is 7.49. The normalized spacial score (nSPS) is 10.8. The van der Waals surface area contributed by atoms with Crippen LogP contribution in [0.4, 0.5) is 5.00 Å². The molecule has 0 aliphatic carbocycles. The van der Waals surface area contributed by atoms with Crippen LogP contribution in [0, 0.1) is 0 Å². The second-order valence-corrected chi connectivity index (χ2v) is 6.98. The molecule has 1 aromatic heterocycles. The maximum absolute atomic E-state index is 12.2. The molecule has 3 rings (SSSR count). The smallest absolute Gasteiger partial charge is 0.338 e. The highest BCUT2D eigenvalue weighted by Crippen LogP contribution is 2.29. The highest BCUT2D eigenvalue weighted by Gasteiger charge is 2.16. The number of carbonyl (C=O) groups excluding carboxylic acids is 1. The average Bonchev–Trinajstić information content (AvgIpc) is 3.03. The van der Waals surface area contributed by atoms with Gasteiger partial charge in [-0.1, -0.05) is 49.4 Å². The zero-order chi connectivity index (χ0) is 17.8. The quantitative estimate of drug-likeness (QED) is 0.673. The van der Waals surface area contributed by atoms with Gasteiger partial charge in [-0.05, 0) is 35.2 Å². The van der Waals surface area contributed by atoms with Crippen LogP contribution < -0.4 is 5.32 Å². The number of carboxylic acid groups (broad SMARTS) is 1. The Morgan fingerprint density at radius 2 is 1.84 bits per heavy atom. The Hall–Kier alpha value is -2.66. The molecule has 0 bridgehead atoms. The number of aromatic carboxylic acids is 1. The second-order valence-electron chi connectivity index (χ2n) is 5.84. The molecule has 2 N–H and O–H groups in total. The molecule has 0 spiro atoms. The zero-order valence-electron chi connectivity index (χ0n) is 13.9. The summed E-state index contributed by atoms with van der Waals surface area (Å²) in [6, 6.07) is 15.9. The summed E-state index contributed by atoms with van der Waals surface area (Å²) in [5.41, 5.74) is 1.26. The number of carbonyl (C=O) groups is 2. The molecule has 0 radical (unpaired) electrons. The van der Waals surface area contributed by atoms with Crippen LogP contribution >= 0.6 is 11.3 Å². The molecule has 25 heavy (non-hydrogen) atoms. The molecule has 0 saturated carbocycles. The van der Waals surface area contributed by atoms with E-state index in [9.17, 15) is 14.7 Å². The molecule has 0 saturated heterocycles. The van der Waals surface area contributed by atoms with Crippen LogP contribution in [0.5, 0.6) is 0 Å². The molecule has 0 aliphatic heterocycles. The van der Waals surface area contributed by atoms with E-state index >= 15 is 0 Å². The first-order chi connectivity index (χ1) is 12.1. The van der Waals surface area contributed by atoms with Gasteiger partial charge < -0.3 is 10.4 Å². The van der Waals surface area contributed by atoms with Gasteiger partial charge in [0.25, 0.3) is 0 Å². The first kappa shape index (κ1) is 17.2. The Morgan fingerprint density at radius 1 is 1.08 bits per heavy atom. The molecule has 0 atom stereocenters. The van der Waals surface area contributed by atoms with Crippen molar-refractivity contribution in [2.75, 3.05) is 5.32 Å². The molecule has 0 unspecified atom stereocenters. The van der Waals surface area contributed by atoms with Crippen molar-refractivity contribution in [3.8, 4) is 0 Å². The highest BCUT2D eigenvalue weighted by atomic mass is 32.1. The van der Waals surface area contributed by atoms with Gasteiger partial charge in [0.1, 0.15) is 5.00 Å². The number of rotatable bonds is 6. The number of amides is 1. The van der Waals surface area contributed by atoms with Gasteiger partial charge in [0.05, 0.1) is 5.56 Å². The Balaban J connectivity index is 1.66. The number of thiophene rings is 1. The summed E-state index contributed by atoms with van der Waals surface area (Å²) in [7, 11) is 0. The summed E-state index contributed by atoms with van der Waals surface area (Å²) in [6.07, 6.45) is 1.68. The van der Waals surface area contributed by atoms with Crippen molar-refractivity contribution < 1.29 is 14.7 Å². The lowest BCUT2D eigenvalue weighted by Crippen LogP contribution is -2.13. The monoisotopic (exact) mass is 353 g/mol. The van der Waals surface area contributed by atoms with Gasteiger partial charge in [0.2, 0.25) is 5.91 Å². The molecular weight excluding hydrogens is 334 g/mol. The minimum absolute atomic E-state index is 0.167. The van der Waals surface area contributed by atoms with E-state index in [1.807, 2.05) is 25.1 Å². The van der Waals surface area contributed by atoms with E-state index in [1.54, 1.807) is 6.07 Å². The largest absolute Gasteiger partial charge is 0.478 e. The van der Waals surface area contributed by atoms with Crippen LogP contribution in [0.15, 0.2) is 48.5 Å². The molecule has 5 heteroatoms. The van der Waals surface area contributed by atoms with Crippen molar-refractivity contribution in [2.45, 2.75) is 26.2 Å². The van der Waals surface area contributed by atoms with Crippen molar-refractivity contribution >= 4 is 39.0 Å². The van der Waals surface area contributed by atoms with E-state index in [2.05, 4.69) is 29.6 Å². The molecule has 2 aromatic carbocycles. The Bertz CT molecular complexity index is 930.